The highest BCUT2D eigenvalue weighted by Crippen LogP contribution is 2.30. The summed E-state index contributed by atoms with van der Waals surface area (Å²) >= 11 is 0. The topological polar surface area (TPSA) is 95.4 Å². The molecule has 1 aromatic carbocycles. The molecule has 8 heteroatoms. The Bertz CT molecular complexity index is 1490. The molecule has 8 nitrogen and oxygen atoms in total. The van der Waals surface area contributed by atoms with Gasteiger partial charge in [0.25, 0.3) is 11.8 Å². The number of nitrogens with zero attached hydrogens (tertiary/aromatic N) is 4. The van der Waals surface area contributed by atoms with E-state index in [9.17, 15) is 9.59 Å². The van der Waals surface area contributed by atoms with Crippen LogP contribution in [0.15, 0.2) is 85.7 Å². The van der Waals surface area contributed by atoms with Crippen molar-refractivity contribution in [2.24, 2.45) is 0 Å². The first-order chi connectivity index (χ1) is 17.2. The molecule has 2 atom stereocenters. The van der Waals surface area contributed by atoms with E-state index in [0.29, 0.717) is 24.3 Å². The number of carbonyl (C=O) groups excluding carboxylic acids is 2. The Balaban J connectivity index is 1.29. The molecule has 0 radical (unpaired) electrons. The Hall–Kier alpha value is -4.46. The summed E-state index contributed by atoms with van der Waals surface area (Å²) in [6, 6.07) is 17.3. The van der Waals surface area contributed by atoms with Gasteiger partial charge in [0.15, 0.2) is 0 Å². The second kappa shape index (κ2) is 8.72. The number of benzene rings is 1. The van der Waals surface area contributed by atoms with Gasteiger partial charge >= 0.3 is 0 Å². The molecule has 1 saturated heterocycles. The second-order valence-electron chi connectivity index (χ2n) is 8.89. The lowest BCUT2D eigenvalue weighted by molar-refractivity contribution is 0.0656. The zero-order chi connectivity index (χ0) is 23.8. The standard InChI is InChI=1S/C27H24N6O2/c34-26(23-13-19-14-28-10-8-22(19)30-23)31-24-16-32(12-9-20(24)18-5-2-1-3-6-18)27(35)21-7-4-11-33-17-29-15-25(21)33/h1-8,10-11,13-15,17,20,24,30H,9,12,16H2,(H,31,34)/t20-,24+/m0/s1. The van der Waals surface area contributed by atoms with Crippen molar-refractivity contribution >= 4 is 28.2 Å². The molecule has 5 heterocycles. The molecule has 2 amide bonds. The van der Waals surface area contributed by atoms with Crippen LogP contribution in [0.4, 0.5) is 0 Å². The van der Waals surface area contributed by atoms with Gasteiger partial charge in [-0.25, -0.2) is 4.98 Å². The highest BCUT2D eigenvalue weighted by molar-refractivity contribution is 6.01. The van der Waals surface area contributed by atoms with Crippen molar-refractivity contribution in [3.8, 4) is 0 Å². The average molecular weight is 465 g/mol. The summed E-state index contributed by atoms with van der Waals surface area (Å²) in [6.07, 6.45) is 9.44. The summed E-state index contributed by atoms with van der Waals surface area (Å²) in [5, 5.41) is 4.09. The van der Waals surface area contributed by atoms with E-state index >= 15 is 0 Å². The molecular weight excluding hydrogens is 440 g/mol. The van der Waals surface area contributed by atoms with Crippen molar-refractivity contribution in [3.05, 3.63) is 103 Å². The SMILES string of the molecule is O=C(N[C@@H]1CN(C(=O)c2cccn3cncc23)CC[C@H]1c1ccccc1)c1cc2cnccc2[nH]1. The van der Waals surface area contributed by atoms with Crippen molar-refractivity contribution < 1.29 is 9.59 Å². The van der Waals surface area contributed by atoms with Crippen LogP contribution in [0, 0.1) is 0 Å². The summed E-state index contributed by atoms with van der Waals surface area (Å²) in [6.45, 7) is 1.03. The van der Waals surface area contributed by atoms with Crippen LogP contribution in [0.5, 0.6) is 0 Å². The molecule has 0 spiro atoms. The number of pyridine rings is 2. The van der Waals surface area contributed by atoms with E-state index in [1.54, 1.807) is 31.0 Å². The van der Waals surface area contributed by atoms with E-state index < -0.39 is 0 Å². The van der Waals surface area contributed by atoms with Crippen molar-refractivity contribution in [1.29, 1.82) is 0 Å². The fourth-order valence-corrected chi connectivity index (χ4v) is 5.02. The number of carbonyl (C=O) groups is 2. The molecule has 0 saturated carbocycles. The summed E-state index contributed by atoms with van der Waals surface area (Å²) in [7, 11) is 0. The van der Waals surface area contributed by atoms with Crippen molar-refractivity contribution in [2.75, 3.05) is 13.1 Å². The molecule has 1 aliphatic rings. The lowest BCUT2D eigenvalue weighted by Crippen LogP contribution is -2.53. The van der Waals surface area contributed by atoms with Crippen LogP contribution in [0.1, 0.15) is 38.7 Å². The normalized spacial score (nSPS) is 18.1. The van der Waals surface area contributed by atoms with E-state index in [2.05, 4.69) is 32.4 Å². The van der Waals surface area contributed by atoms with Crippen LogP contribution >= 0.6 is 0 Å². The summed E-state index contributed by atoms with van der Waals surface area (Å²) in [5.74, 6) is -0.154. The molecule has 6 rings (SSSR count). The number of fused-ring (bicyclic) bond motifs is 2. The van der Waals surface area contributed by atoms with Gasteiger partial charge in [0.2, 0.25) is 0 Å². The van der Waals surface area contributed by atoms with E-state index in [0.717, 1.165) is 28.4 Å². The summed E-state index contributed by atoms with van der Waals surface area (Å²) in [4.78, 5) is 40.1. The minimum atomic E-state index is -0.239. The Kier molecular flexibility index (Phi) is 5.25. The molecule has 4 aromatic heterocycles. The maximum atomic E-state index is 13.5. The predicted molar refractivity (Wildman–Crippen MR) is 132 cm³/mol. The largest absolute Gasteiger partial charge is 0.350 e. The summed E-state index contributed by atoms with van der Waals surface area (Å²) < 4.78 is 1.84. The third-order valence-electron chi connectivity index (χ3n) is 6.79. The van der Waals surface area contributed by atoms with E-state index in [-0.39, 0.29) is 23.8 Å². The number of amides is 2. The fraction of sp³-hybridized carbons (Fsp3) is 0.185. The number of aromatic amines is 1. The van der Waals surface area contributed by atoms with Gasteiger partial charge in [0, 0.05) is 48.5 Å². The quantitative estimate of drug-likeness (QED) is 0.425. The van der Waals surface area contributed by atoms with Gasteiger partial charge in [-0.1, -0.05) is 30.3 Å². The zero-order valence-electron chi connectivity index (χ0n) is 19.0. The smallest absolute Gasteiger partial charge is 0.268 e. The molecule has 0 unspecified atom stereocenters. The monoisotopic (exact) mass is 464 g/mol. The van der Waals surface area contributed by atoms with Gasteiger partial charge in [-0.05, 0) is 36.2 Å². The molecule has 174 valence electrons. The first-order valence-corrected chi connectivity index (χ1v) is 11.7. The molecule has 0 aliphatic carbocycles. The number of hydrogen-bond donors (Lipinski definition) is 2. The van der Waals surface area contributed by atoms with Crippen LogP contribution < -0.4 is 5.32 Å². The number of aromatic nitrogens is 4. The number of H-pyrrole nitrogens is 1. The number of rotatable bonds is 4. The molecule has 2 N–H and O–H groups in total. The van der Waals surface area contributed by atoms with Gasteiger partial charge < -0.3 is 19.6 Å². The number of imidazole rings is 1. The van der Waals surface area contributed by atoms with Crippen molar-refractivity contribution in [2.45, 2.75) is 18.4 Å². The van der Waals surface area contributed by atoms with Crippen LogP contribution in [0.2, 0.25) is 0 Å². The van der Waals surface area contributed by atoms with Gasteiger partial charge in [-0.3, -0.25) is 14.6 Å². The van der Waals surface area contributed by atoms with E-state index in [4.69, 9.17) is 0 Å². The zero-order valence-corrected chi connectivity index (χ0v) is 19.0. The van der Waals surface area contributed by atoms with Crippen LogP contribution in [-0.4, -0.2) is 55.2 Å². The maximum absolute atomic E-state index is 13.5. The number of likely N-dealkylation sites (tertiary alicyclic amines) is 1. The first kappa shape index (κ1) is 21.1. The molecule has 0 bridgehead atoms. The minimum Gasteiger partial charge on any atom is -0.350 e. The predicted octanol–water partition coefficient (Wildman–Crippen LogP) is 3.64. The number of hydrogen-bond acceptors (Lipinski definition) is 4. The first-order valence-electron chi connectivity index (χ1n) is 11.7. The third-order valence-corrected chi connectivity index (χ3v) is 6.79. The molecule has 35 heavy (non-hydrogen) atoms. The van der Waals surface area contributed by atoms with Gasteiger partial charge in [-0.15, -0.1) is 0 Å². The summed E-state index contributed by atoms with van der Waals surface area (Å²) in [5.41, 5.74) is 3.88. The van der Waals surface area contributed by atoms with E-state index in [1.165, 1.54) is 0 Å². The van der Waals surface area contributed by atoms with Crippen molar-refractivity contribution in [1.82, 2.24) is 29.6 Å². The van der Waals surface area contributed by atoms with Gasteiger partial charge in [-0.2, -0.15) is 0 Å². The van der Waals surface area contributed by atoms with Crippen molar-refractivity contribution in [3.63, 3.8) is 0 Å². The van der Waals surface area contributed by atoms with Crippen LogP contribution in [-0.2, 0) is 0 Å². The lowest BCUT2D eigenvalue weighted by atomic mass is 9.85. The lowest BCUT2D eigenvalue weighted by Gasteiger charge is -2.39. The van der Waals surface area contributed by atoms with Gasteiger partial charge in [0.05, 0.1) is 29.6 Å². The highest BCUT2D eigenvalue weighted by atomic mass is 16.2. The Morgan fingerprint density at radius 2 is 1.91 bits per heavy atom. The van der Waals surface area contributed by atoms with Gasteiger partial charge in [0.1, 0.15) is 5.69 Å². The second-order valence-corrected chi connectivity index (χ2v) is 8.89. The minimum absolute atomic E-state index is 0.0569. The Labute approximate surface area is 201 Å². The molecular formula is C27H24N6O2. The number of piperidine rings is 1. The van der Waals surface area contributed by atoms with Crippen LogP contribution in [0.25, 0.3) is 16.4 Å². The maximum Gasteiger partial charge on any atom is 0.268 e. The number of nitrogens with one attached hydrogen (secondary N) is 2. The van der Waals surface area contributed by atoms with E-state index in [1.807, 2.05) is 51.9 Å². The average Bonchev–Trinajstić information content (AvgIpc) is 3.56. The Morgan fingerprint density at radius 3 is 2.77 bits per heavy atom. The molecule has 1 fully saturated rings. The molecule has 5 aromatic rings. The third kappa shape index (κ3) is 3.93. The highest BCUT2D eigenvalue weighted by Gasteiger charge is 2.34. The van der Waals surface area contributed by atoms with Crippen LogP contribution in [0.3, 0.4) is 0 Å². The Morgan fingerprint density at radius 1 is 1.03 bits per heavy atom. The fourth-order valence-electron chi connectivity index (χ4n) is 5.02. The molecule has 1 aliphatic heterocycles.